The highest BCUT2D eigenvalue weighted by Gasteiger charge is 2.39. The Bertz CT molecular complexity index is 1100. The topological polar surface area (TPSA) is 127 Å². The van der Waals surface area contributed by atoms with Crippen LogP contribution in [0.3, 0.4) is 0 Å². The molecule has 1 aliphatic carbocycles. The number of rotatable bonds is 10. The largest absolute Gasteiger partial charge is 0.356 e. The van der Waals surface area contributed by atoms with Crippen molar-refractivity contribution < 1.29 is 18.8 Å². The van der Waals surface area contributed by atoms with E-state index in [1.807, 2.05) is 0 Å². The number of aldehydes is 1. The molecule has 4 rings (SSSR count). The van der Waals surface area contributed by atoms with Gasteiger partial charge >= 0.3 is 0 Å². The number of nitrogens with one attached hydrogen (secondary N) is 4. The second-order valence-electron chi connectivity index (χ2n) is 9.34. The molecule has 0 spiro atoms. The maximum atomic E-state index is 13.8. The number of aromatic nitrogens is 1. The van der Waals surface area contributed by atoms with Crippen molar-refractivity contribution in [3.63, 3.8) is 0 Å². The zero-order valence-corrected chi connectivity index (χ0v) is 19.4. The van der Waals surface area contributed by atoms with Crippen LogP contribution in [0.4, 0.5) is 4.39 Å². The summed E-state index contributed by atoms with van der Waals surface area (Å²) < 4.78 is 13.8. The van der Waals surface area contributed by atoms with Crippen molar-refractivity contribution in [2.24, 2.45) is 11.8 Å². The van der Waals surface area contributed by atoms with Crippen molar-refractivity contribution in [1.82, 2.24) is 20.9 Å². The quantitative estimate of drug-likeness (QED) is 0.383. The van der Waals surface area contributed by atoms with Gasteiger partial charge in [-0.1, -0.05) is 24.4 Å². The Kier molecular flexibility index (Phi) is 7.19. The van der Waals surface area contributed by atoms with Crippen molar-refractivity contribution in [3.8, 4) is 6.07 Å². The number of carbonyl (C=O) groups excluding carboxylic acids is 3. The molecule has 34 heavy (non-hydrogen) atoms. The van der Waals surface area contributed by atoms with Crippen LogP contribution in [0.5, 0.6) is 0 Å². The van der Waals surface area contributed by atoms with Gasteiger partial charge in [0.25, 0.3) is 5.91 Å². The molecule has 1 saturated heterocycles. The first-order valence-electron chi connectivity index (χ1n) is 11.5. The van der Waals surface area contributed by atoms with E-state index >= 15 is 0 Å². The first-order valence-corrected chi connectivity index (χ1v) is 11.9. The number of nitrogens with zero attached hydrogens (tertiary/aromatic N) is 1. The van der Waals surface area contributed by atoms with Crippen LogP contribution in [0, 0.1) is 29.0 Å². The highest BCUT2D eigenvalue weighted by atomic mass is 35.5. The molecule has 2 aromatic rings. The van der Waals surface area contributed by atoms with E-state index < -0.39 is 23.3 Å². The van der Waals surface area contributed by atoms with Gasteiger partial charge in [0.05, 0.1) is 17.1 Å². The molecule has 0 bridgehead atoms. The van der Waals surface area contributed by atoms with E-state index in [-0.39, 0.29) is 29.1 Å². The molecule has 1 saturated carbocycles. The third kappa shape index (κ3) is 5.57. The smallest absolute Gasteiger partial charge is 0.268 e. The summed E-state index contributed by atoms with van der Waals surface area (Å²) in [6.07, 6.45) is 5.02. The number of amides is 2. The van der Waals surface area contributed by atoms with Crippen LogP contribution in [-0.4, -0.2) is 47.8 Å². The van der Waals surface area contributed by atoms with Gasteiger partial charge in [-0.15, -0.1) is 0 Å². The second kappa shape index (κ2) is 10.1. The molecule has 1 aromatic carbocycles. The van der Waals surface area contributed by atoms with Crippen LogP contribution in [-0.2, 0) is 9.59 Å². The van der Waals surface area contributed by atoms with Crippen LogP contribution in [0.1, 0.15) is 49.0 Å². The molecule has 1 aliphatic heterocycles. The van der Waals surface area contributed by atoms with E-state index in [2.05, 4.69) is 27.0 Å². The average Bonchev–Trinajstić information content (AvgIpc) is 3.54. The lowest BCUT2D eigenvalue weighted by atomic mass is 9.90. The molecule has 2 aliphatic rings. The molecular weight excluding hydrogens is 461 g/mol. The molecule has 2 heterocycles. The number of aromatic amines is 1. The lowest BCUT2D eigenvalue weighted by Crippen LogP contribution is -2.58. The van der Waals surface area contributed by atoms with E-state index in [9.17, 15) is 24.0 Å². The predicted octanol–water partition coefficient (Wildman–Crippen LogP) is 2.83. The highest BCUT2D eigenvalue weighted by molar-refractivity contribution is 6.31. The molecule has 8 nitrogen and oxygen atoms in total. The van der Waals surface area contributed by atoms with E-state index in [1.54, 1.807) is 0 Å². The Balaban J connectivity index is 1.47. The zero-order chi connectivity index (χ0) is 24.3. The van der Waals surface area contributed by atoms with Gasteiger partial charge in [0.2, 0.25) is 5.91 Å². The number of hydrogen-bond acceptors (Lipinski definition) is 5. The number of nitriles is 1. The van der Waals surface area contributed by atoms with Crippen molar-refractivity contribution in [1.29, 1.82) is 5.26 Å². The van der Waals surface area contributed by atoms with Crippen LogP contribution >= 0.6 is 11.6 Å². The van der Waals surface area contributed by atoms with E-state index in [0.29, 0.717) is 42.6 Å². The number of piperidine rings is 1. The average molecular weight is 488 g/mol. The fourth-order valence-electron chi connectivity index (χ4n) is 4.50. The van der Waals surface area contributed by atoms with Gasteiger partial charge in [0.15, 0.2) is 0 Å². The predicted molar refractivity (Wildman–Crippen MR) is 125 cm³/mol. The van der Waals surface area contributed by atoms with Gasteiger partial charge < -0.3 is 20.4 Å². The Morgan fingerprint density at radius 1 is 1.35 bits per heavy atom. The second-order valence-corrected chi connectivity index (χ2v) is 9.75. The molecule has 10 heteroatoms. The van der Waals surface area contributed by atoms with Crippen molar-refractivity contribution >= 4 is 40.6 Å². The maximum absolute atomic E-state index is 13.8. The minimum Gasteiger partial charge on any atom is -0.356 e. The third-order valence-electron chi connectivity index (χ3n) is 6.58. The summed E-state index contributed by atoms with van der Waals surface area (Å²) in [6, 6.07) is 5.68. The van der Waals surface area contributed by atoms with Crippen molar-refractivity contribution in [2.45, 2.75) is 50.1 Å². The standard InChI is InChI=1S/C24H27ClFN5O3/c25-18-9-20-16(7-19(18)26)8-21(30-20)23(34)31-24(13-32,10-14-3-4-14)12-29-17(11-27)6-15-2-1-5-28-22(15)33/h7-9,13-15,17,29-30H,1-6,10,12H2,(H,28,33)(H,31,34)/t15-,17-,24+/m0/s1. The van der Waals surface area contributed by atoms with Crippen LogP contribution in [0.15, 0.2) is 18.2 Å². The summed E-state index contributed by atoms with van der Waals surface area (Å²) in [5, 5.41) is 18.8. The van der Waals surface area contributed by atoms with Crippen molar-refractivity contribution in [3.05, 3.63) is 34.7 Å². The lowest BCUT2D eigenvalue weighted by molar-refractivity contribution is -0.127. The van der Waals surface area contributed by atoms with Gasteiger partial charge in [0.1, 0.15) is 23.3 Å². The third-order valence-corrected chi connectivity index (χ3v) is 6.87. The number of hydrogen-bond donors (Lipinski definition) is 4. The minimum atomic E-state index is -1.22. The molecule has 0 radical (unpaired) electrons. The van der Waals surface area contributed by atoms with Crippen LogP contribution < -0.4 is 16.0 Å². The highest BCUT2D eigenvalue weighted by Crippen LogP contribution is 2.36. The van der Waals surface area contributed by atoms with E-state index in [0.717, 1.165) is 25.5 Å². The molecule has 2 fully saturated rings. The van der Waals surface area contributed by atoms with Gasteiger partial charge in [-0.25, -0.2) is 4.39 Å². The van der Waals surface area contributed by atoms with Gasteiger partial charge in [-0.05, 0) is 49.8 Å². The Morgan fingerprint density at radius 2 is 2.15 bits per heavy atom. The molecule has 2 amide bonds. The summed E-state index contributed by atoms with van der Waals surface area (Å²) >= 11 is 5.83. The fraction of sp³-hybridized carbons (Fsp3) is 0.500. The summed E-state index contributed by atoms with van der Waals surface area (Å²) in [5.74, 6) is -1.10. The van der Waals surface area contributed by atoms with Crippen LogP contribution in [0.25, 0.3) is 10.9 Å². The van der Waals surface area contributed by atoms with Crippen LogP contribution in [0.2, 0.25) is 5.02 Å². The fourth-order valence-corrected chi connectivity index (χ4v) is 4.66. The summed E-state index contributed by atoms with van der Waals surface area (Å²) in [6.45, 7) is 0.709. The number of H-pyrrole nitrogens is 1. The monoisotopic (exact) mass is 487 g/mol. The normalized spacial score (nSPS) is 20.7. The molecule has 180 valence electrons. The number of benzene rings is 1. The first-order chi connectivity index (χ1) is 16.3. The first kappa shape index (κ1) is 24.2. The summed E-state index contributed by atoms with van der Waals surface area (Å²) in [7, 11) is 0. The molecule has 0 unspecified atom stereocenters. The number of carbonyl (C=O) groups is 3. The van der Waals surface area contributed by atoms with Gasteiger partial charge in [0, 0.05) is 29.9 Å². The SMILES string of the molecule is N#C[C@H](C[C@@H]1CCCNC1=O)NC[C@@](C=O)(CC1CC1)NC(=O)c1cc2cc(F)c(Cl)cc2[nH]1. The molecular formula is C24H27ClFN5O3. The number of halogens is 2. The molecule has 3 atom stereocenters. The Hall–Kier alpha value is -2.96. The Morgan fingerprint density at radius 3 is 2.82 bits per heavy atom. The number of fused-ring (bicyclic) bond motifs is 1. The minimum absolute atomic E-state index is 0.0587. The summed E-state index contributed by atoms with van der Waals surface area (Å²) in [4.78, 5) is 40.3. The van der Waals surface area contributed by atoms with E-state index in [4.69, 9.17) is 11.6 Å². The van der Waals surface area contributed by atoms with Crippen molar-refractivity contribution in [2.75, 3.05) is 13.1 Å². The summed E-state index contributed by atoms with van der Waals surface area (Å²) in [5.41, 5.74) is -0.541. The zero-order valence-electron chi connectivity index (χ0n) is 18.6. The molecule has 4 N–H and O–H groups in total. The lowest BCUT2D eigenvalue weighted by Gasteiger charge is -2.31. The van der Waals surface area contributed by atoms with E-state index in [1.165, 1.54) is 18.2 Å². The maximum Gasteiger partial charge on any atom is 0.268 e. The Labute approximate surface area is 201 Å². The van der Waals surface area contributed by atoms with Gasteiger partial charge in [-0.3, -0.25) is 14.9 Å². The molecule has 1 aromatic heterocycles. The van der Waals surface area contributed by atoms with Gasteiger partial charge in [-0.2, -0.15) is 5.26 Å².